The molecule has 0 amide bonds. The van der Waals surface area contributed by atoms with Crippen LogP contribution in [0.1, 0.15) is 24.1 Å². The summed E-state index contributed by atoms with van der Waals surface area (Å²) in [5.41, 5.74) is 2.22. The maximum atomic E-state index is 6.11. The first-order chi connectivity index (χ1) is 9.70. The number of aryl methyl sites for hydroxylation is 1. The minimum Gasteiger partial charge on any atom is -0.310 e. The van der Waals surface area contributed by atoms with Crippen LogP contribution in [0.2, 0.25) is 5.02 Å². The molecule has 1 aromatic carbocycles. The van der Waals surface area contributed by atoms with Gasteiger partial charge >= 0.3 is 0 Å². The van der Waals surface area contributed by atoms with Gasteiger partial charge in [0.1, 0.15) is 0 Å². The van der Waals surface area contributed by atoms with E-state index in [1.165, 1.54) is 18.4 Å². The van der Waals surface area contributed by atoms with Crippen molar-refractivity contribution in [1.82, 2.24) is 15.3 Å². The minimum absolute atomic E-state index is 0.693. The molecule has 0 spiro atoms. The third-order valence-electron chi connectivity index (χ3n) is 3.16. The van der Waals surface area contributed by atoms with Crippen molar-refractivity contribution in [3.63, 3.8) is 0 Å². The van der Waals surface area contributed by atoms with Crippen LogP contribution in [0.15, 0.2) is 40.5 Å². The van der Waals surface area contributed by atoms with E-state index in [4.69, 9.17) is 11.6 Å². The Hall–Kier alpha value is -1.10. The van der Waals surface area contributed by atoms with Crippen molar-refractivity contribution in [2.24, 2.45) is 0 Å². The lowest BCUT2D eigenvalue weighted by molar-refractivity contribution is 0.680. The Morgan fingerprint density at radius 3 is 2.95 bits per heavy atom. The van der Waals surface area contributed by atoms with Gasteiger partial charge in [0.15, 0.2) is 5.16 Å². The zero-order valence-electron chi connectivity index (χ0n) is 11.3. The van der Waals surface area contributed by atoms with E-state index < -0.39 is 0 Å². The topological polar surface area (TPSA) is 37.8 Å². The van der Waals surface area contributed by atoms with Crippen molar-refractivity contribution < 1.29 is 0 Å². The average Bonchev–Trinajstić information content (AvgIpc) is 3.22. The Morgan fingerprint density at radius 2 is 2.20 bits per heavy atom. The van der Waals surface area contributed by atoms with Gasteiger partial charge in [0, 0.05) is 34.4 Å². The summed E-state index contributed by atoms with van der Waals surface area (Å²) in [6.07, 6.45) is 4.37. The molecule has 1 saturated carbocycles. The molecule has 1 fully saturated rings. The molecule has 1 N–H and O–H groups in total. The zero-order valence-corrected chi connectivity index (χ0v) is 12.8. The molecule has 3 rings (SSSR count). The standard InChI is InChI=1S/C15H16ClN3S/c1-10-6-7-17-15(19-10)20-14-8-12(16)3-2-11(14)9-18-13-4-5-13/h2-3,6-8,13,18H,4-5,9H2,1H3. The predicted octanol–water partition coefficient (Wildman–Crippen LogP) is 3.84. The van der Waals surface area contributed by atoms with Crippen LogP contribution in [0.3, 0.4) is 0 Å². The molecule has 1 aliphatic rings. The van der Waals surface area contributed by atoms with Crippen molar-refractivity contribution in [1.29, 1.82) is 0 Å². The molecule has 3 nitrogen and oxygen atoms in total. The highest BCUT2D eigenvalue weighted by atomic mass is 35.5. The molecule has 0 aliphatic heterocycles. The summed E-state index contributed by atoms with van der Waals surface area (Å²) in [4.78, 5) is 9.86. The summed E-state index contributed by atoms with van der Waals surface area (Å²) in [5.74, 6) is 0. The number of rotatable bonds is 5. The van der Waals surface area contributed by atoms with E-state index in [0.29, 0.717) is 6.04 Å². The largest absolute Gasteiger partial charge is 0.310 e. The van der Waals surface area contributed by atoms with E-state index in [1.54, 1.807) is 18.0 Å². The van der Waals surface area contributed by atoms with Crippen LogP contribution in [0, 0.1) is 6.92 Å². The van der Waals surface area contributed by atoms with Crippen molar-refractivity contribution >= 4 is 23.4 Å². The van der Waals surface area contributed by atoms with Crippen LogP contribution >= 0.6 is 23.4 Å². The van der Waals surface area contributed by atoms with E-state index in [1.807, 2.05) is 25.1 Å². The predicted molar refractivity (Wildman–Crippen MR) is 82.2 cm³/mol. The van der Waals surface area contributed by atoms with Crippen molar-refractivity contribution in [2.45, 2.75) is 42.4 Å². The number of benzene rings is 1. The summed E-state index contributed by atoms with van der Waals surface area (Å²) in [6, 6.07) is 8.60. The van der Waals surface area contributed by atoms with Crippen molar-refractivity contribution in [3.05, 3.63) is 46.7 Å². The number of nitrogens with one attached hydrogen (secondary N) is 1. The molecular formula is C15H16ClN3S. The second-order valence-corrected chi connectivity index (χ2v) is 6.44. The van der Waals surface area contributed by atoms with E-state index in [-0.39, 0.29) is 0 Å². The highest BCUT2D eigenvalue weighted by Crippen LogP contribution is 2.31. The zero-order chi connectivity index (χ0) is 13.9. The molecule has 0 saturated heterocycles. The Labute approximate surface area is 128 Å². The number of nitrogens with zero attached hydrogens (tertiary/aromatic N) is 2. The lowest BCUT2D eigenvalue weighted by Gasteiger charge is -2.10. The normalized spacial score (nSPS) is 14.5. The van der Waals surface area contributed by atoms with Crippen LogP contribution in [0.5, 0.6) is 0 Å². The SMILES string of the molecule is Cc1ccnc(Sc2cc(Cl)ccc2CNC2CC2)n1. The Bertz CT molecular complexity index is 614. The van der Waals surface area contributed by atoms with Crippen LogP contribution in [0.4, 0.5) is 0 Å². The van der Waals surface area contributed by atoms with Crippen LogP contribution < -0.4 is 5.32 Å². The molecule has 0 bridgehead atoms. The van der Waals surface area contributed by atoms with Gasteiger partial charge in [-0.2, -0.15) is 0 Å². The van der Waals surface area contributed by atoms with Gasteiger partial charge in [0.2, 0.25) is 0 Å². The molecule has 1 aromatic heterocycles. The van der Waals surface area contributed by atoms with Gasteiger partial charge in [-0.1, -0.05) is 17.7 Å². The summed E-state index contributed by atoms with van der Waals surface area (Å²) >= 11 is 7.68. The molecule has 0 unspecified atom stereocenters. The Balaban J connectivity index is 1.80. The number of aromatic nitrogens is 2. The van der Waals surface area contributed by atoms with Crippen LogP contribution in [-0.2, 0) is 6.54 Å². The molecule has 5 heteroatoms. The highest BCUT2D eigenvalue weighted by molar-refractivity contribution is 7.99. The molecule has 104 valence electrons. The van der Waals surface area contributed by atoms with Crippen LogP contribution in [0.25, 0.3) is 0 Å². The van der Waals surface area contributed by atoms with Crippen LogP contribution in [-0.4, -0.2) is 16.0 Å². The first kappa shape index (κ1) is 13.9. The molecule has 0 radical (unpaired) electrons. The Kier molecular flexibility index (Phi) is 4.24. The monoisotopic (exact) mass is 305 g/mol. The molecule has 2 aromatic rings. The molecular weight excluding hydrogens is 290 g/mol. The van der Waals surface area contributed by atoms with E-state index >= 15 is 0 Å². The van der Waals surface area contributed by atoms with E-state index in [0.717, 1.165) is 27.3 Å². The lowest BCUT2D eigenvalue weighted by Crippen LogP contribution is -2.15. The van der Waals surface area contributed by atoms with Gasteiger partial charge in [-0.3, -0.25) is 0 Å². The second kappa shape index (κ2) is 6.12. The third kappa shape index (κ3) is 3.72. The van der Waals surface area contributed by atoms with E-state index in [9.17, 15) is 0 Å². The average molecular weight is 306 g/mol. The van der Waals surface area contributed by atoms with E-state index in [2.05, 4.69) is 21.4 Å². The van der Waals surface area contributed by atoms with Crippen molar-refractivity contribution in [3.8, 4) is 0 Å². The lowest BCUT2D eigenvalue weighted by atomic mass is 10.2. The van der Waals surface area contributed by atoms with Gasteiger partial charge in [-0.05, 0) is 55.3 Å². The highest BCUT2D eigenvalue weighted by Gasteiger charge is 2.20. The fraction of sp³-hybridized carbons (Fsp3) is 0.333. The van der Waals surface area contributed by atoms with Gasteiger partial charge in [-0.25, -0.2) is 9.97 Å². The number of hydrogen-bond acceptors (Lipinski definition) is 4. The van der Waals surface area contributed by atoms with Gasteiger partial charge in [0.25, 0.3) is 0 Å². The fourth-order valence-corrected chi connectivity index (χ4v) is 3.08. The number of hydrogen-bond donors (Lipinski definition) is 1. The van der Waals surface area contributed by atoms with Gasteiger partial charge in [-0.15, -0.1) is 0 Å². The first-order valence-electron chi connectivity index (χ1n) is 6.70. The summed E-state index contributed by atoms with van der Waals surface area (Å²) < 4.78 is 0. The summed E-state index contributed by atoms with van der Waals surface area (Å²) in [6.45, 7) is 2.84. The Morgan fingerprint density at radius 1 is 1.35 bits per heavy atom. The maximum Gasteiger partial charge on any atom is 0.192 e. The fourth-order valence-electron chi connectivity index (χ4n) is 1.88. The molecule has 20 heavy (non-hydrogen) atoms. The summed E-state index contributed by atoms with van der Waals surface area (Å²) in [5, 5.41) is 5.04. The minimum atomic E-state index is 0.693. The molecule has 1 heterocycles. The first-order valence-corrected chi connectivity index (χ1v) is 7.89. The summed E-state index contributed by atoms with van der Waals surface area (Å²) in [7, 11) is 0. The second-order valence-electron chi connectivity index (χ2n) is 4.99. The smallest absolute Gasteiger partial charge is 0.192 e. The van der Waals surface area contributed by atoms with Gasteiger partial charge < -0.3 is 5.32 Å². The molecule has 1 aliphatic carbocycles. The maximum absolute atomic E-state index is 6.11. The molecule has 0 atom stereocenters. The quantitative estimate of drug-likeness (QED) is 0.852. The van der Waals surface area contributed by atoms with Crippen molar-refractivity contribution in [2.75, 3.05) is 0 Å². The number of halogens is 1. The van der Waals surface area contributed by atoms with Gasteiger partial charge in [0.05, 0.1) is 0 Å². The third-order valence-corrected chi connectivity index (χ3v) is 4.38.